The normalized spacial score (nSPS) is 11.4. The van der Waals surface area contributed by atoms with Crippen molar-refractivity contribution in [2.45, 2.75) is 6.92 Å². The number of rotatable bonds is 2. The van der Waals surface area contributed by atoms with Gasteiger partial charge in [-0.1, -0.05) is 35.0 Å². The van der Waals surface area contributed by atoms with E-state index in [2.05, 4.69) is 9.52 Å². The number of nitrogens with zero attached hydrogens (tertiary/aromatic N) is 2. The molecule has 0 saturated carbocycles. The molecule has 2 rings (SSSR count). The minimum atomic E-state index is -2.55. The molecule has 0 saturated heterocycles. The zero-order valence-electron chi connectivity index (χ0n) is 11.2. The van der Waals surface area contributed by atoms with E-state index in [4.69, 9.17) is 16.1 Å². The highest BCUT2D eigenvalue weighted by Gasteiger charge is 2.23. The fourth-order valence-corrected chi connectivity index (χ4v) is 2.42. The number of hydrogen-bond donors (Lipinski definition) is 0. The van der Waals surface area contributed by atoms with Crippen LogP contribution in [0.4, 0.5) is 0 Å². The predicted molar refractivity (Wildman–Crippen MR) is 78.4 cm³/mol. The van der Waals surface area contributed by atoms with E-state index >= 15 is 0 Å². The number of aromatic nitrogens is 1. The van der Waals surface area contributed by atoms with Crippen molar-refractivity contribution in [1.82, 2.24) is 5.16 Å². The SMILES string of the molecule is Cc1onc(-c2ccccc2Cl)c1C(=O)N=S(C)(C)=O. The third-order valence-corrected chi connectivity index (χ3v) is 3.44. The van der Waals surface area contributed by atoms with Crippen LogP contribution in [0.5, 0.6) is 0 Å². The Balaban J connectivity index is 2.63. The summed E-state index contributed by atoms with van der Waals surface area (Å²) in [4.78, 5) is 12.2. The zero-order valence-corrected chi connectivity index (χ0v) is 12.8. The molecule has 0 aliphatic rings. The van der Waals surface area contributed by atoms with Crippen molar-refractivity contribution in [2.75, 3.05) is 12.5 Å². The van der Waals surface area contributed by atoms with E-state index in [1.807, 2.05) is 0 Å². The van der Waals surface area contributed by atoms with Crippen molar-refractivity contribution >= 4 is 27.2 Å². The molecule has 5 nitrogen and oxygen atoms in total. The molecule has 1 amide bonds. The first kappa shape index (κ1) is 14.7. The first-order valence-electron chi connectivity index (χ1n) is 5.72. The largest absolute Gasteiger partial charge is 0.360 e. The molecule has 0 N–H and O–H groups in total. The molecule has 0 aliphatic carbocycles. The maximum Gasteiger partial charge on any atom is 0.290 e. The Bertz CT molecular complexity index is 781. The van der Waals surface area contributed by atoms with Crippen molar-refractivity contribution in [2.24, 2.45) is 4.36 Å². The van der Waals surface area contributed by atoms with Crippen molar-refractivity contribution in [3.8, 4) is 11.3 Å². The maximum atomic E-state index is 12.2. The quantitative estimate of drug-likeness (QED) is 0.853. The Morgan fingerprint density at radius 3 is 2.60 bits per heavy atom. The Hall–Kier alpha value is -1.66. The molecule has 20 heavy (non-hydrogen) atoms. The standard InChI is InChI=1S/C13H13ClN2O3S/c1-8-11(13(17)16-20(2,3)18)12(15-19-8)9-6-4-5-7-10(9)14/h4-7H,1-3H3. The molecule has 0 fully saturated rings. The second-order valence-electron chi connectivity index (χ2n) is 4.52. The summed E-state index contributed by atoms with van der Waals surface area (Å²) in [6.07, 6.45) is 2.78. The minimum absolute atomic E-state index is 0.189. The van der Waals surface area contributed by atoms with Gasteiger partial charge in [-0.15, -0.1) is 0 Å². The Morgan fingerprint density at radius 1 is 1.35 bits per heavy atom. The number of aryl methyl sites for hydroxylation is 1. The first-order valence-corrected chi connectivity index (χ1v) is 8.43. The first-order chi connectivity index (χ1) is 9.29. The van der Waals surface area contributed by atoms with Crippen molar-refractivity contribution in [3.63, 3.8) is 0 Å². The van der Waals surface area contributed by atoms with Gasteiger partial charge >= 0.3 is 0 Å². The molecule has 0 radical (unpaired) electrons. The van der Waals surface area contributed by atoms with Crippen LogP contribution in [-0.4, -0.2) is 27.8 Å². The van der Waals surface area contributed by atoms with E-state index in [0.29, 0.717) is 22.0 Å². The molecule has 0 spiro atoms. The summed E-state index contributed by atoms with van der Waals surface area (Å²) in [7, 11) is -2.55. The van der Waals surface area contributed by atoms with Crippen molar-refractivity contribution < 1.29 is 13.5 Å². The summed E-state index contributed by atoms with van der Waals surface area (Å²) >= 11 is 6.10. The molecular formula is C13H13ClN2O3S. The second kappa shape index (κ2) is 5.38. The van der Waals surface area contributed by atoms with E-state index in [-0.39, 0.29) is 5.56 Å². The lowest BCUT2D eigenvalue weighted by Gasteiger charge is -2.02. The molecule has 0 bridgehead atoms. The van der Waals surface area contributed by atoms with Gasteiger partial charge < -0.3 is 4.52 Å². The summed E-state index contributed by atoms with van der Waals surface area (Å²) in [6, 6.07) is 6.97. The molecule has 1 heterocycles. The van der Waals surface area contributed by atoms with Crippen LogP contribution in [0.15, 0.2) is 33.2 Å². The smallest absolute Gasteiger partial charge is 0.290 e. The van der Waals surface area contributed by atoms with Gasteiger partial charge in [0.05, 0.1) is 5.02 Å². The summed E-state index contributed by atoms with van der Waals surface area (Å²) in [5.74, 6) is -0.300. The topological polar surface area (TPSA) is 72.5 Å². The number of halogens is 1. The second-order valence-corrected chi connectivity index (χ2v) is 7.47. The molecule has 1 aromatic heterocycles. The highest BCUT2D eigenvalue weighted by atomic mass is 35.5. The lowest BCUT2D eigenvalue weighted by Crippen LogP contribution is -2.03. The average molecular weight is 313 g/mol. The van der Waals surface area contributed by atoms with Crippen LogP contribution in [0.25, 0.3) is 11.3 Å². The molecule has 106 valence electrons. The van der Waals surface area contributed by atoms with E-state index in [0.717, 1.165) is 0 Å². The predicted octanol–water partition coefficient (Wildman–Crippen LogP) is 3.17. The zero-order chi connectivity index (χ0) is 14.9. The van der Waals surface area contributed by atoms with Gasteiger partial charge in [0.15, 0.2) is 0 Å². The van der Waals surface area contributed by atoms with Gasteiger partial charge in [0.25, 0.3) is 5.91 Å². The Morgan fingerprint density at radius 2 is 2.00 bits per heavy atom. The van der Waals surface area contributed by atoms with Gasteiger partial charge in [0.2, 0.25) is 0 Å². The van der Waals surface area contributed by atoms with Crippen LogP contribution in [0.2, 0.25) is 5.02 Å². The minimum Gasteiger partial charge on any atom is -0.360 e. The molecule has 1 aromatic carbocycles. The number of carbonyl (C=O) groups is 1. The fourth-order valence-electron chi connectivity index (χ4n) is 1.71. The van der Waals surface area contributed by atoms with Crippen molar-refractivity contribution in [1.29, 1.82) is 0 Å². The Labute approximate surface area is 122 Å². The summed E-state index contributed by atoms with van der Waals surface area (Å²) in [5.41, 5.74) is 1.07. The lowest BCUT2D eigenvalue weighted by atomic mass is 10.1. The highest BCUT2D eigenvalue weighted by Crippen LogP contribution is 2.31. The summed E-state index contributed by atoms with van der Waals surface area (Å²) in [6.45, 7) is 1.60. The van der Waals surface area contributed by atoms with E-state index in [9.17, 15) is 9.00 Å². The summed E-state index contributed by atoms with van der Waals surface area (Å²) < 4.78 is 20.4. The number of benzene rings is 1. The van der Waals surface area contributed by atoms with Gasteiger partial charge in [0, 0.05) is 27.8 Å². The molecular weight excluding hydrogens is 300 g/mol. The van der Waals surface area contributed by atoms with Crippen LogP contribution in [-0.2, 0) is 9.73 Å². The maximum absolute atomic E-state index is 12.2. The van der Waals surface area contributed by atoms with Gasteiger partial charge in [-0.2, -0.15) is 4.36 Å². The molecule has 7 heteroatoms. The fraction of sp³-hybridized carbons (Fsp3) is 0.231. The number of amides is 1. The van der Waals surface area contributed by atoms with Gasteiger partial charge in [0.1, 0.15) is 17.0 Å². The van der Waals surface area contributed by atoms with Crippen LogP contribution in [0.1, 0.15) is 16.1 Å². The van der Waals surface area contributed by atoms with E-state index in [1.54, 1.807) is 31.2 Å². The van der Waals surface area contributed by atoms with Gasteiger partial charge in [-0.05, 0) is 13.0 Å². The summed E-state index contributed by atoms with van der Waals surface area (Å²) in [5, 5.41) is 4.31. The van der Waals surface area contributed by atoms with Gasteiger partial charge in [-0.3, -0.25) is 4.79 Å². The molecule has 0 unspecified atom stereocenters. The molecule has 2 aromatic rings. The van der Waals surface area contributed by atoms with Gasteiger partial charge in [-0.25, -0.2) is 4.21 Å². The lowest BCUT2D eigenvalue weighted by molar-refractivity contribution is 0.100. The molecule has 0 aliphatic heterocycles. The van der Waals surface area contributed by atoms with Crippen LogP contribution in [0, 0.1) is 6.92 Å². The molecule has 0 atom stereocenters. The van der Waals surface area contributed by atoms with Crippen LogP contribution >= 0.6 is 11.6 Å². The Kier molecular flexibility index (Phi) is 3.96. The average Bonchev–Trinajstić information content (AvgIpc) is 2.69. The number of carbonyl (C=O) groups excluding carboxylic acids is 1. The van der Waals surface area contributed by atoms with Crippen LogP contribution in [0.3, 0.4) is 0 Å². The van der Waals surface area contributed by atoms with E-state index in [1.165, 1.54) is 12.5 Å². The van der Waals surface area contributed by atoms with Crippen LogP contribution < -0.4 is 0 Å². The number of hydrogen-bond acceptors (Lipinski definition) is 4. The van der Waals surface area contributed by atoms with Crippen molar-refractivity contribution in [3.05, 3.63) is 40.6 Å². The monoisotopic (exact) mass is 312 g/mol. The third kappa shape index (κ3) is 3.08. The van der Waals surface area contributed by atoms with E-state index < -0.39 is 15.6 Å². The highest BCUT2D eigenvalue weighted by molar-refractivity contribution is 7.92. The third-order valence-electron chi connectivity index (χ3n) is 2.51.